The van der Waals surface area contributed by atoms with Crippen molar-refractivity contribution in [2.75, 3.05) is 33.3 Å². The van der Waals surface area contributed by atoms with Crippen molar-refractivity contribution in [1.82, 2.24) is 14.8 Å². The first-order chi connectivity index (χ1) is 14.3. The summed E-state index contributed by atoms with van der Waals surface area (Å²) < 4.78 is 19.0. The molecule has 2 aromatic rings. The lowest BCUT2D eigenvalue weighted by molar-refractivity contribution is 0.0621. The number of nitrogens with zero attached hydrogens (tertiary/aromatic N) is 2. The molecule has 0 unspecified atom stereocenters. The maximum atomic E-state index is 13.6. The number of Topliss-reactive ketones (excluding diaryl/α,β-unsaturated/α-hetero) is 1. The quantitative estimate of drug-likeness (QED) is 0.702. The molecule has 1 saturated heterocycles. The van der Waals surface area contributed by atoms with E-state index in [1.54, 1.807) is 20.1 Å². The summed E-state index contributed by atoms with van der Waals surface area (Å²) in [6.45, 7) is 8.53. The number of piperazine rings is 1. The molecule has 162 valence electrons. The number of aromatic nitrogens is 1. The Balaban J connectivity index is 1.70. The van der Waals surface area contributed by atoms with Crippen LogP contribution in [0.1, 0.15) is 57.9 Å². The van der Waals surface area contributed by atoms with Crippen molar-refractivity contribution in [2.45, 2.75) is 40.2 Å². The second-order valence-electron chi connectivity index (χ2n) is 7.81. The summed E-state index contributed by atoms with van der Waals surface area (Å²) in [5, 5.41) is 0. The van der Waals surface area contributed by atoms with E-state index in [0.29, 0.717) is 56.2 Å². The zero-order valence-electron chi connectivity index (χ0n) is 18.2. The number of carbonyl (C=O) groups is 2. The monoisotopic (exact) mass is 415 g/mol. The van der Waals surface area contributed by atoms with Crippen molar-refractivity contribution in [3.8, 4) is 5.75 Å². The zero-order valence-corrected chi connectivity index (χ0v) is 18.2. The molecular weight excluding hydrogens is 385 g/mol. The number of benzene rings is 1. The molecule has 7 heteroatoms. The number of carbonyl (C=O) groups excluding carboxylic acids is 2. The summed E-state index contributed by atoms with van der Waals surface area (Å²) in [6.07, 6.45) is 1.56. The van der Waals surface area contributed by atoms with E-state index in [-0.39, 0.29) is 17.5 Å². The molecule has 0 radical (unpaired) electrons. The van der Waals surface area contributed by atoms with Crippen LogP contribution in [0.5, 0.6) is 5.75 Å². The maximum absolute atomic E-state index is 13.6. The minimum atomic E-state index is -0.286. The fourth-order valence-electron chi connectivity index (χ4n) is 4.21. The summed E-state index contributed by atoms with van der Waals surface area (Å²) in [5.74, 6) is 0.307. The number of halogens is 1. The van der Waals surface area contributed by atoms with Crippen LogP contribution in [0, 0.1) is 12.7 Å². The van der Waals surface area contributed by atoms with Crippen LogP contribution in [0.25, 0.3) is 0 Å². The van der Waals surface area contributed by atoms with Gasteiger partial charge in [-0.2, -0.15) is 0 Å². The highest BCUT2D eigenvalue weighted by Gasteiger charge is 2.28. The number of hydrogen-bond donors (Lipinski definition) is 1. The van der Waals surface area contributed by atoms with Crippen LogP contribution in [0.4, 0.5) is 4.39 Å². The first-order valence-electron chi connectivity index (χ1n) is 10.4. The van der Waals surface area contributed by atoms with Gasteiger partial charge in [-0.1, -0.05) is 13.3 Å². The van der Waals surface area contributed by atoms with Gasteiger partial charge < -0.3 is 14.6 Å². The molecule has 3 rings (SSSR count). The third-order valence-corrected chi connectivity index (χ3v) is 5.65. The number of aryl methyl sites for hydroxylation is 1. The molecule has 0 atom stereocenters. The number of hydrogen-bond acceptors (Lipinski definition) is 4. The summed E-state index contributed by atoms with van der Waals surface area (Å²) in [4.78, 5) is 32.4. The second-order valence-corrected chi connectivity index (χ2v) is 7.81. The van der Waals surface area contributed by atoms with Gasteiger partial charge in [-0.15, -0.1) is 0 Å². The minimum absolute atomic E-state index is 0.0138. The third kappa shape index (κ3) is 4.56. The molecule has 0 saturated carbocycles. The Morgan fingerprint density at radius 3 is 2.50 bits per heavy atom. The van der Waals surface area contributed by atoms with Gasteiger partial charge in [-0.05, 0) is 44.0 Å². The topological polar surface area (TPSA) is 65.6 Å². The van der Waals surface area contributed by atoms with Gasteiger partial charge in [0, 0.05) is 49.5 Å². The van der Waals surface area contributed by atoms with Gasteiger partial charge in [0.05, 0.1) is 7.11 Å². The molecule has 1 amide bonds. The van der Waals surface area contributed by atoms with E-state index in [9.17, 15) is 14.0 Å². The van der Waals surface area contributed by atoms with Crippen LogP contribution in [0.3, 0.4) is 0 Å². The average molecular weight is 416 g/mol. The maximum Gasteiger partial charge on any atom is 0.270 e. The number of H-pyrrole nitrogens is 1. The van der Waals surface area contributed by atoms with Crippen LogP contribution < -0.4 is 4.74 Å². The molecule has 0 aliphatic carbocycles. The minimum Gasteiger partial charge on any atom is -0.496 e. The second kappa shape index (κ2) is 9.43. The Morgan fingerprint density at radius 2 is 1.90 bits per heavy atom. The van der Waals surface area contributed by atoms with Gasteiger partial charge in [0.1, 0.15) is 17.3 Å². The third-order valence-electron chi connectivity index (χ3n) is 5.65. The van der Waals surface area contributed by atoms with Crippen molar-refractivity contribution in [2.24, 2.45) is 0 Å². The first-order valence-corrected chi connectivity index (χ1v) is 10.4. The van der Waals surface area contributed by atoms with Crippen LogP contribution in [-0.2, 0) is 13.0 Å². The zero-order chi connectivity index (χ0) is 21.8. The highest BCUT2D eigenvalue weighted by molar-refractivity contribution is 6.02. The Kier molecular flexibility index (Phi) is 6.92. The van der Waals surface area contributed by atoms with E-state index in [4.69, 9.17) is 4.74 Å². The predicted octanol–water partition coefficient (Wildman–Crippen LogP) is 3.58. The first kappa shape index (κ1) is 22.0. The lowest BCUT2D eigenvalue weighted by Gasteiger charge is -2.35. The summed E-state index contributed by atoms with van der Waals surface area (Å²) >= 11 is 0. The van der Waals surface area contributed by atoms with Gasteiger partial charge in [0.2, 0.25) is 0 Å². The fourth-order valence-corrected chi connectivity index (χ4v) is 4.21. The van der Waals surface area contributed by atoms with E-state index in [0.717, 1.165) is 23.2 Å². The molecule has 1 N–H and O–H groups in total. The van der Waals surface area contributed by atoms with E-state index >= 15 is 0 Å². The average Bonchev–Trinajstić information content (AvgIpc) is 3.04. The van der Waals surface area contributed by atoms with E-state index in [1.807, 2.05) is 18.7 Å². The largest absolute Gasteiger partial charge is 0.496 e. The van der Waals surface area contributed by atoms with Crippen molar-refractivity contribution in [3.63, 3.8) is 0 Å². The summed E-state index contributed by atoms with van der Waals surface area (Å²) in [6, 6.07) is 4.53. The molecule has 6 nitrogen and oxygen atoms in total. The normalized spacial score (nSPS) is 14.8. The summed E-state index contributed by atoms with van der Waals surface area (Å²) in [7, 11) is 1.58. The lowest BCUT2D eigenvalue weighted by Crippen LogP contribution is -2.48. The number of aromatic amines is 1. The van der Waals surface area contributed by atoms with Crippen molar-refractivity contribution in [3.05, 3.63) is 52.1 Å². The molecule has 1 aliphatic rings. The Hall–Kier alpha value is -2.67. The van der Waals surface area contributed by atoms with Crippen LogP contribution in [-0.4, -0.2) is 59.8 Å². The van der Waals surface area contributed by atoms with Crippen LogP contribution >= 0.6 is 0 Å². The van der Waals surface area contributed by atoms with E-state index < -0.39 is 0 Å². The fraction of sp³-hybridized carbons (Fsp3) is 0.478. The highest BCUT2D eigenvalue weighted by atomic mass is 19.1. The molecule has 1 aromatic carbocycles. The smallest absolute Gasteiger partial charge is 0.270 e. The molecule has 1 fully saturated rings. The summed E-state index contributed by atoms with van der Waals surface area (Å²) in [5.41, 5.74) is 3.58. The molecule has 30 heavy (non-hydrogen) atoms. The van der Waals surface area contributed by atoms with Gasteiger partial charge in [-0.3, -0.25) is 14.5 Å². The van der Waals surface area contributed by atoms with Gasteiger partial charge in [-0.25, -0.2) is 4.39 Å². The Bertz CT molecular complexity index is 930. The molecule has 2 heterocycles. The van der Waals surface area contributed by atoms with Crippen molar-refractivity contribution >= 4 is 11.7 Å². The van der Waals surface area contributed by atoms with E-state index in [2.05, 4.69) is 9.88 Å². The lowest BCUT2D eigenvalue weighted by atomic mass is 10.0. The number of ether oxygens (including phenoxy) is 1. The SMILES string of the molecule is CCCc1c(C(=O)N2CCN(Cc3cc(F)ccc3OC)CC2)[nH]c(C)c1C(C)=O. The standard InChI is InChI=1S/C23H30FN3O3/c1-5-6-19-21(16(3)28)15(2)25-22(19)23(29)27-11-9-26(10-12-27)14-17-13-18(24)7-8-20(17)30-4/h7-8,13,25H,5-6,9-12,14H2,1-4H3. The predicted molar refractivity (Wildman–Crippen MR) is 114 cm³/mol. The van der Waals surface area contributed by atoms with Crippen LogP contribution in [0.2, 0.25) is 0 Å². The molecule has 1 aromatic heterocycles. The van der Waals surface area contributed by atoms with Crippen molar-refractivity contribution in [1.29, 1.82) is 0 Å². The Labute approximate surface area is 177 Å². The van der Waals surface area contributed by atoms with Gasteiger partial charge >= 0.3 is 0 Å². The highest BCUT2D eigenvalue weighted by Crippen LogP contribution is 2.24. The number of methoxy groups -OCH3 is 1. The van der Waals surface area contributed by atoms with Gasteiger partial charge in [0.15, 0.2) is 5.78 Å². The van der Waals surface area contributed by atoms with Crippen molar-refractivity contribution < 1.29 is 18.7 Å². The number of amides is 1. The number of ketones is 1. The molecule has 0 bridgehead atoms. The van der Waals surface area contributed by atoms with Gasteiger partial charge in [0.25, 0.3) is 5.91 Å². The number of nitrogens with one attached hydrogen (secondary N) is 1. The molecular formula is C23H30FN3O3. The van der Waals surface area contributed by atoms with Crippen LogP contribution in [0.15, 0.2) is 18.2 Å². The number of rotatable bonds is 7. The Morgan fingerprint density at radius 1 is 1.20 bits per heavy atom. The molecule has 1 aliphatic heterocycles. The van der Waals surface area contributed by atoms with E-state index in [1.165, 1.54) is 12.1 Å². The molecule has 0 spiro atoms.